The Labute approximate surface area is 148 Å². The van der Waals surface area contributed by atoms with E-state index in [4.69, 9.17) is 4.42 Å². The summed E-state index contributed by atoms with van der Waals surface area (Å²) in [7, 11) is 0. The van der Waals surface area contributed by atoms with Gasteiger partial charge in [0.1, 0.15) is 0 Å². The first kappa shape index (κ1) is 16.9. The van der Waals surface area contributed by atoms with E-state index in [9.17, 15) is 9.59 Å². The SMILES string of the molecule is O=C(CCNC(=O)c1ccco1)Nc1ncc(Cc2ccccc2)s1. The zero-order valence-electron chi connectivity index (χ0n) is 13.4. The van der Waals surface area contributed by atoms with Crippen molar-refractivity contribution in [2.24, 2.45) is 0 Å². The molecule has 0 spiro atoms. The Balaban J connectivity index is 1.43. The normalized spacial score (nSPS) is 10.4. The van der Waals surface area contributed by atoms with Crippen molar-refractivity contribution in [1.29, 1.82) is 0 Å². The Bertz CT molecular complexity index is 828. The molecule has 3 aromatic rings. The summed E-state index contributed by atoms with van der Waals surface area (Å²) in [6.07, 6.45) is 4.15. The number of furan rings is 1. The van der Waals surface area contributed by atoms with E-state index in [-0.39, 0.29) is 30.5 Å². The molecular formula is C18H17N3O3S. The number of nitrogens with one attached hydrogen (secondary N) is 2. The number of anilines is 1. The summed E-state index contributed by atoms with van der Waals surface area (Å²) in [5.41, 5.74) is 1.20. The van der Waals surface area contributed by atoms with Crippen LogP contribution in [-0.2, 0) is 11.2 Å². The van der Waals surface area contributed by atoms with Crippen LogP contribution in [0.4, 0.5) is 5.13 Å². The summed E-state index contributed by atoms with van der Waals surface area (Å²) in [6.45, 7) is 0.230. The van der Waals surface area contributed by atoms with Gasteiger partial charge >= 0.3 is 0 Å². The fourth-order valence-corrected chi connectivity index (χ4v) is 3.07. The lowest BCUT2D eigenvalue weighted by atomic mass is 10.1. The molecule has 0 aliphatic carbocycles. The predicted molar refractivity (Wildman–Crippen MR) is 95.6 cm³/mol. The molecule has 6 nitrogen and oxygen atoms in total. The third-order valence-electron chi connectivity index (χ3n) is 3.40. The van der Waals surface area contributed by atoms with Crippen molar-refractivity contribution >= 4 is 28.3 Å². The van der Waals surface area contributed by atoms with Crippen LogP contribution in [0, 0.1) is 0 Å². The molecule has 0 saturated heterocycles. The molecular weight excluding hydrogens is 338 g/mol. The van der Waals surface area contributed by atoms with Gasteiger partial charge in [-0.2, -0.15) is 0 Å². The number of amides is 2. The van der Waals surface area contributed by atoms with Crippen LogP contribution in [-0.4, -0.2) is 23.3 Å². The van der Waals surface area contributed by atoms with E-state index in [0.717, 1.165) is 11.3 Å². The van der Waals surface area contributed by atoms with Gasteiger partial charge in [0.15, 0.2) is 10.9 Å². The smallest absolute Gasteiger partial charge is 0.286 e. The molecule has 0 bridgehead atoms. The van der Waals surface area contributed by atoms with E-state index < -0.39 is 0 Å². The van der Waals surface area contributed by atoms with Gasteiger partial charge in [0.05, 0.1) is 6.26 Å². The Morgan fingerprint density at radius 2 is 1.96 bits per heavy atom. The highest BCUT2D eigenvalue weighted by atomic mass is 32.1. The minimum atomic E-state index is -0.336. The molecule has 2 amide bonds. The quantitative estimate of drug-likeness (QED) is 0.682. The number of thiazole rings is 1. The topological polar surface area (TPSA) is 84.2 Å². The number of rotatable bonds is 7. The van der Waals surface area contributed by atoms with Gasteiger partial charge in [-0.3, -0.25) is 9.59 Å². The molecule has 25 heavy (non-hydrogen) atoms. The van der Waals surface area contributed by atoms with Crippen LogP contribution in [0.1, 0.15) is 27.4 Å². The summed E-state index contributed by atoms with van der Waals surface area (Å²) in [6, 6.07) is 13.3. The molecule has 0 aliphatic heterocycles. The van der Waals surface area contributed by atoms with Crippen molar-refractivity contribution in [3.8, 4) is 0 Å². The number of carbonyl (C=O) groups is 2. The number of hydrogen-bond acceptors (Lipinski definition) is 5. The minimum Gasteiger partial charge on any atom is -0.459 e. The summed E-state index contributed by atoms with van der Waals surface area (Å²) in [4.78, 5) is 28.9. The number of nitrogens with zero attached hydrogens (tertiary/aromatic N) is 1. The molecule has 2 N–H and O–H groups in total. The molecule has 128 valence electrons. The van der Waals surface area contributed by atoms with E-state index in [2.05, 4.69) is 27.8 Å². The first-order valence-corrected chi connectivity index (χ1v) is 8.62. The lowest BCUT2D eigenvalue weighted by Crippen LogP contribution is -2.27. The maximum atomic E-state index is 11.9. The second-order valence-electron chi connectivity index (χ2n) is 5.33. The van der Waals surface area contributed by atoms with Gasteiger partial charge < -0.3 is 15.1 Å². The Morgan fingerprint density at radius 1 is 1.12 bits per heavy atom. The highest BCUT2D eigenvalue weighted by Gasteiger charge is 2.10. The Hall–Kier alpha value is -2.93. The van der Waals surface area contributed by atoms with Crippen molar-refractivity contribution in [2.75, 3.05) is 11.9 Å². The zero-order chi connectivity index (χ0) is 17.5. The van der Waals surface area contributed by atoms with Crippen LogP contribution in [0.15, 0.2) is 59.3 Å². The van der Waals surface area contributed by atoms with Crippen molar-refractivity contribution < 1.29 is 14.0 Å². The van der Waals surface area contributed by atoms with E-state index in [0.29, 0.717) is 5.13 Å². The Morgan fingerprint density at radius 3 is 2.72 bits per heavy atom. The highest BCUT2D eigenvalue weighted by molar-refractivity contribution is 7.15. The molecule has 0 fully saturated rings. The maximum Gasteiger partial charge on any atom is 0.286 e. The highest BCUT2D eigenvalue weighted by Crippen LogP contribution is 2.21. The molecule has 1 aromatic carbocycles. The van der Waals surface area contributed by atoms with Gasteiger partial charge in [-0.1, -0.05) is 30.3 Å². The summed E-state index contributed by atoms with van der Waals surface area (Å²) < 4.78 is 4.98. The number of benzene rings is 1. The largest absolute Gasteiger partial charge is 0.459 e. The average Bonchev–Trinajstić information content (AvgIpc) is 3.28. The fourth-order valence-electron chi connectivity index (χ4n) is 2.21. The van der Waals surface area contributed by atoms with Gasteiger partial charge in [0, 0.05) is 30.5 Å². The second-order valence-corrected chi connectivity index (χ2v) is 6.44. The number of aromatic nitrogens is 1. The van der Waals surface area contributed by atoms with Gasteiger partial charge in [-0.25, -0.2) is 4.98 Å². The standard InChI is InChI=1S/C18H17N3O3S/c22-16(8-9-19-17(23)15-7-4-10-24-15)21-18-20-12-14(25-18)11-13-5-2-1-3-6-13/h1-7,10,12H,8-9,11H2,(H,19,23)(H,20,21,22). The van der Waals surface area contributed by atoms with Crippen molar-refractivity contribution in [3.05, 3.63) is 71.1 Å². The number of carbonyl (C=O) groups excluding carboxylic acids is 2. The van der Waals surface area contributed by atoms with Crippen molar-refractivity contribution in [3.63, 3.8) is 0 Å². The molecule has 0 unspecified atom stereocenters. The Kier molecular flexibility index (Phi) is 5.58. The van der Waals surface area contributed by atoms with Gasteiger partial charge in [-0.05, 0) is 17.7 Å². The molecule has 7 heteroatoms. The average molecular weight is 355 g/mol. The lowest BCUT2D eigenvalue weighted by molar-refractivity contribution is -0.116. The van der Waals surface area contributed by atoms with E-state index >= 15 is 0 Å². The predicted octanol–water partition coefficient (Wildman–Crippen LogP) is 3.09. The zero-order valence-corrected chi connectivity index (χ0v) is 14.2. The van der Waals surface area contributed by atoms with E-state index in [1.165, 1.54) is 23.2 Å². The van der Waals surface area contributed by atoms with Crippen molar-refractivity contribution in [1.82, 2.24) is 10.3 Å². The molecule has 0 radical (unpaired) electrons. The summed E-state index contributed by atoms with van der Waals surface area (Å²) in [5, 5.41) is 5.94. The third kappa shape index (κ3) is 5.02. The molecule has 2 heterocycles. The van der Waals surface area contributed by atoms with Gasteiger partial charge in [0.2, 0.25) is 5.91 Å². The maximum absolute atomic E-state index is 11.9. The van der Waals surface area contributed by atoms with E-state index in [1.807, 2.05) is 18.2 Å². The van der Waals surface area contributed by atoms with Gasteiger partial charge in [0.25, 0.3) is 5.91 Å². The van der Waals surface area contributed by atoms with Crippen LogP contribution in [0.2, 0.25) is 0 Å². The first-order chi connectivity index (χ1) is 12.2. The van der Waals surface area contributed by atoms with Crippen LogP contribution in [0.5, 0.6) is 0 Å². The molecule has 0 aliphatic rings. The summed E-state index contributed by atoms with van der Waals surface area (Å²) >= 11 is 1.45. The minimum absolute atomic E-state index is 0.167. The van der Waals surface area contributed by atoms with Crippen LogP contribution in [0.3, 0.4) is 0 Å². The molecule has 3 rings (SSSR count). The van der Waals surface area contributed by atoms with Crippen LogP contribution < -0.4 is 10.6 Å². The van der Waals surface area contributed by atoms with Crippen LogP contribution >= 0.6 is 11.3 Å². The first-order valence-electron chi connectivity index (χ1n) is 7.81. The second kappa shape index (κ2) is 8.25. The monoisotopic (exact) mass is 355 g/mol. The van der Waals surface area contributed by atoms with Crippen molar-refractivity contribution in [2.45, 2.75) is 12.8 Å². The van der Waals surface area contributed by atoms with Crippen LogP contribution in [0.25, 0.3) is 0 Å². The molecule has 2 aromatic heterocycles. The lowest BCUT2D eigenvalue weighted by Gasteiger charge is -2.03. The fraction of sp³-hybridized carbons (Fsp3) is 0.167. The molecule has 0 saturated carbocycles. The third-order valence-corrected chi connectivity index (χ3v) is 4.32. The van der Waals surface area contributed by atoms with E-state index in [1.54, 1.807) is 18.3 Å². The molecule has 0 atom stereocenters. The summed E-state index contributed by atoms with van der Waals surface area (Å²) in [5.74, 6) is -0.302. The van der Waals surface area contributed by atoms with Gasteiger partial charge in [-0.15, -0.1) is 11.3 Å². The number of hydrogen-bond donors (Lipinski definition) is 2.